The molecule has 0 radical (unpaired) electrons. The van der Waals surface area contributed by atoms with E-state index in [-0.39, 0.29) is 11.5 Å². The number of pyridine rings is 1. The van der Waals surface area contributed by atoms with Gasteiger partial charge in [0.2, 0.25) is 11.9 Å². The average molecular weight is 222 g/mol. The molecule has 0 aliphatic carbocycles. The van der Waals surface area contributed by atoms with Crippen LogP contribution >= 0.6 is 0 Å². The smallest absolute Gasteiger partial charge is 0.224 e. The third kappa shape index (κ3) is 3.27. The number of aromatic nitrogens is 1. The zero-order valence-electron chi connectivity index (χ0n) is 8.74. The fraction of sp³-hybridized carbons (Fsp3) is 0.182. The number of hydrogen-bond donors (Lipinski definition) is 1. The molecule has 0 unspecified atom stereocenters. The number of carbonyl (C=O) groups is 2. The fourth-order valence-electron chi connectivity index (χ4n) is 1.11. The number of halogens is 1. The molecule has 0 aliphatic heterocycles. The minimum absolute atomic E-state index is 0.0819. The topological polar surface area (TPSA) is 59.1 Å². The maximum absolute atomic E-state index is 13.0. The van der Waals surface area contributed by atoms with Crippen LogP contribution in [0.1, 0.15) is 22.8 Å². The minimum atomic E-state index is -0.795. The molecule has 1 rings (SSSR count). The van der Waals surface area contributed by atoms with Crippen molar-refractivity contribution < 1.29 is 14.0 Å². The first-order chi connectivity index (χ1) is 7.65. The molecule has 0 atom stereocenters. The zero-order valence-corrected chi connectivity index (χ0v) is 8.74. The van der Waals surface area contributed by atoms with Crippen molar-refractivity contribution in [1.29, 1.82) is 0 Å². The van der Waals surface area contributed by atoms with E-state index in [0.717, 1.165) is 0 Å². The lowest BCUT2D eigenvalue weighted by molar-refractivity contribution is -0.118. The lowest BCUT2D eigenvalue weighted by Crippen LogP contribution is -2.19. The van der Waals surface area contributed by atoms with Gasteiger partial charge in [0, 0.05) is 19.7 Å². The molecule has 1 N–H and O–H groups in total. The molecule has 84 valence electrons. The molecule has 16 heavy (non-hydrogen) atoms. The van der Waals surface area contributed by atoms with E-state index >= 15 is 0 Å². The Morgan fingerprint density at radius 1 is 1.62 bits per heavy atom. The van der Waals surface area contributed by atoms with Crippen LogP contribution in [0.2, 0.25) is 0 Å². The van der Waals surface area contributed by atoms with Gasteiger partial charge in [0.25, 0.3) is 0 Å². The number of amides is 1. The Balaban J connectivity index is 2.76. The summed E-state index contributed by atoms with van der Waals surface area (Å²) in [5, 5.41) is 2.54. The highest BCUT2D eigenvalue weighted by Gasteiger charge is 2.05. The lowest BCUT2D eigenvalue weighted by Gasteiger charge is -1.99. The van der Waals surface area contributed by atoms with Crippen molar-refractivity contribution >= 4 is 18.3 Å². The number of nitrogens with zero attached hydrogens (tertiary/aromatic N) is 1. The fourth-order valence-corrected chi connectivity index (χ4v) is 1.11. The molecular weight excluding hydrogens is 211 g/mol. The van der Waals surface area contributed by atoms with Gasteiger partial charge >= 0.3 is 0 Å². The largest absolute Gasteiger partial charge is 0.353 e. The Morgan fingerprint density at radius 3 is 3.00 bits per heavy atom. The van der Waals surface area contributed by atoms with Crippen molar-refractivity contribution in [2.75, 3.05) is 6.54 Å². The molecule has 0 bridgehead atoms. The second kappa shape index (κ2) is 5.75. The van der Waals surface area contributed by atoms with E-state index in [1.165, 1.54) is 19.2 Å². The molecule has 0 fully saturated rings. The number of rotatable bonds is 4. The van der Waals surface area contributed by atoms with Crippen LogP contribution in [-0.4, -0.2) is 23.7 Å². The van der Waals surface area contributed by atoms with Gasteiger partial charge in [0.15, 0.2) is 6.29 Å². The Morgan fingerprint density at radius 2 is 2.38 bits per heavy atom. The second-order valence-corrected chi connectivity index (χ2v) is 3.06. The second-order valence-electron chi connectivity index (χ2n) is 3.06. The predicted octanol–water partition coefficient (Wildman–Crippen LogP) is 1.18. The van der Waals surface area contributed by atoms with Crippen molar-refractivity contribution in [3.05, 3.63) is 35.4 Å². The van der Waals surface area contributed by atoms with Crippen LogP contribution in [0.3, 0.4) is 0 Å². The zero-order chi connectivity index (χ0) is 12.0. The molecule has 1 amide bonds. The van der Waals surface area contributed by atoms with Crippen molar-refractivity contribution in [2.45, 2.75) is 6.92 Å². The van der Waals surface area contributed by atoms with E-state index in [1.54, 1.807) is 12.2 Å². The first-order valence-corrected chi connectivity index (χ1v) is 4.66. The summed E-state index contributed by atoms with van der Waals surface area (Å²) in [5.74, 6) is -0.946. The summed E-state index contributed by atoms with van der Waals surface area (Å²) in [6, 6.07) is 1.52. The van der Waals surface area contributed by atoms with Gasteiger partial charge in [-0.1, -0.05) is 12.2 Å². The van der Waals surface area contributed by atoms with Gasteiger partial charge in [-0.2, -0.15) is 4.39 Å². The van der Waals surface area contributed by atoms with Crippen LogP contribution in [0, 0.1) is 5.95 Å². The van der Waals surface area contributed by atoms with E-state index in [0.29, 0.717) is 18.4 Å². The summed E-state index contributed by atoms with van der Waals surface area (Å²) in [6.45, 7) is 1.73. The van der Waals surface area contributed by atoms with Crippen molar-refractivity contribution in [3.8, 4) is 0 Å². The molecule has 0 aliphatic rings. The lowest BCUT2D eigenvalue weighted by atomic mass is 10.1. The van der Waals surface area contributed by atoms with Crippen LogP contribution in [0.15, 0.2) is 18.3 Å². The summed E-state index contributed by atoms with van der Waals surface area (Å²) < 4.78 is 13.0. The quantitative estimate of drug-likeness (QED) is 0.614. The maximum Gasteiger partial charge on any atom is 0.224 e. The highest BCUT2D eigenvalue weighted by Crippen LogP contribution is 2.10. The molecule has 1 heterocycles. The molecular formula is C11H11FN2O2. The van der Waals surface area contributed by atoms with Gasteiger partial charge in [-0.05, 0) is 11.6 Å². The van der Waals surface area contributed by atoms with E-state index in [4.69, 9.17) is 0 Å². The van der Waals surface area contributed by atoms with E-state index in [9.17, 15) is 14.0 Å². The van der Waals surface area contributed by atoms with Gasteiger partial charge in [-0.15, -0.1) is 0 Å². The van der Waals surface area contributed by atoms with Crippen molar-refractivity contribution in [3.63, 3.8) is 0 Å². The Labute approximate surface area is 92.2 Å². The van der Waals surface area contributed by atoms with E-state index in [2.05, 4.69) is 10.3 Å². The number of carbonyl (C=O) groups excluding carboxylic acids is 2. The Hall–Kier alpha value is -2.04. The Kier molecular flexibility index (Phi) is 4.32. The first-order valence-electron chi connectivity index (χ1n) is 4.66. The highest BCUT2D eigenvalue weighted by molar-refractivity contribution is 5.81. The van der Waals surface area contributed by atoms with E-state index < -0.39 is 5.95 Å². The predicted molar refractivity (Wildman–Crippen MR) is 57.3 cm³/mol. The third-order valence-electron chi connectivity index (χ3n) is 1.86. The molecule has 0 aromatic carbocycles. The Bertz CT molecular complexity index is 430. The van der Waals surface area contributed by atoms with Crippen LogP contribution < -0.4 is 5.32 Å². The molecule has 0 saturated heterocycles. The van der Waals surface area contributed by atoms with E-state index in [1.807, 2.05) is 0 Å². The van der Waals surface area contributed by atoms with Gasteiger partial charge in [0.05, 0.1) is 5.56 Å². The molecule has 4 nitrogen and oxygen atoms in total. The van der Waals surface area contributed by atoms with Crippen LogP contribution in [0.25, 0.3) is 6.08 Å². The maximum atomic E-state index is 13.0. The molecule has 1 aromatic heterocycles. The van der Waals surface area contributed by atoms with Crippen molar-refractivity contribution in [1.82, 2.24) is 10.3 Å². The third-order valence-corrected chi connectivity index (χ3v) is 1.86. The normalized spacial score (nSPS) is 10.4. The van der Waals surface area contributed by atoms with Crippen LogP contribution in [0.4, 0.5) is 4.39 Å². The summed E-state index contributed by atoms with van der Waals surface area (Å²) in [4.78, 5) is 24.5. The van der Waals surface area contributed by atoms with Gasteiger partial charge in [-0.3, -0.25) is 9.59 Å². The summed E-state index contributed by atoms with van der Waals surface area (Å²) in [5.41, 5.74) is 0.356. The summed E-state index contributed by atoms with van der Waals surface area (Å²) >= 11 is 0. The number of nitrogens with one attached hydrogen (secondary N) is 1. The highest BCUT2D eigenvalue weighted by atomic mass is 19.1. The number of hydrogen-bond acceptors (Lipinski definition) is 3. The van der Waals surface area contributed by atoms with Gasteiger partial charge in [0.1, 0.15) is 0 Å². The SMILES string of the molecule is CC(=O)NCC=Cc1ccnc(F)c1C=O. The molecule has 1 aromatic rings. The monoisotopic (exact) mass is 222 g/mol. The van der Waals surface area contributed by atoms with Gasteiger partial charge in [-0.25, -0.2) is 4.98 Å². The first kappa shape index (κ1) is 12.0. The number of aldehydes is 1. The van der Waals surface area contributed by atoms with Crippen LogP contribution in [-0.2, 0) is 4.79 Å². The standard InChI is InChI=1S/C11H11FN2O2/c1-8(16)13-5-2-3-9-4-6-14-11(12)10(9)7-15/h2-4,6-7H,5H2,1H3,(H,13,16). The van der Waals surface area contributed by atoms with Crippen LogP contribution in [0.5, 0.6) is 0 Å². The summed E-state index contributed by atoms with van der Waals surface area (Å²) in [6.07, 6.45) is 4.88. The average Bonchev–Trinajstić information content (AvgIpc) is 2.24. The molecule has 0 saturated carbocycles. The van der Waals surface area contributed by atoms with Gasteiger partial charge < -0.3 is 5.32 Å². The molecule has 5 heteroatoms. The minimum Gasteiger partial charge on any atom is -0.353 e. The van der Waals surface area contributed by atoms with Crippen molar-refractivity contribution in [2.24, 2.45) is 0 Å². The molecule has 0 spiro atoms. The summed E-state index contributed by atoms with van der Waals surface area (Å²) in [7, 11) is 0.